The number of allylic oxidation sites excluding steroid dienone is 2. The first kappa shape index (κ1) is 29.3. The van der Waals surface area contributed by atoms with E-state index in [2.05, 4.69) is 18.7 Å². The number of Topliss-reactive ketones (excluding diaryl/α,β-unsaturated/α-hetero) is 1. The third kappa shape index (κ3) is 6.39. The number of ether oxygens (including phenoxy) is 2. The maximum Gasteiger partial charge on any atom is 0.163 e. The minimum absolute atomic E-state index is 0.158. The van der Waals surface area contributed by atoms with Crippen LogP contribution in [0.3, 0.4) is 0 Å². The maximum atomic E-state index is 12.7. The van der Waals surface area contributed by atoms with Gasteiger partial charge in [-0.2, -0.15) is 0 Å². The molecule has 1 saturated carbocycles. The third-order valence-electron chi connectivity index (χ3n) is 7.48. The summed E-state index contributed by atoms with van der Waals surface area (Å²) < 4.78 is 11.8. The molecule has 1 aromatic carbocycles. The van der Waals surface area contributed by atoms with Gasteiger partial charge in [0.2, 0.25) is 0 Å². The molecular formula is C30H41ClN4O4. The molecule has 9 heteroatoms. The molecule has 0 radical (unpaired) electrons. The first-order valence-corrected chi connectivity index (χ1v) is 14.2. The molecule has 0 unspecified atom stereocenters. The molecule has 2 aliphatic rings. The van der Waals surface area contributed by atoms with Crippen LogP contribution < -0.4 is 15.4 Å². The molecule has 1 aliphatic carbocycles. The summed E-state index contributed by atoms with van der Waals surface area (Å²) in [5.74, 6) is 1.57. The van der Waals surface area contributed by atoms with E-state index in [1.807, 2.05) is 13.8 Å². The molecule has 1 saturated heterocycles. The van der Waals surface area contributed by atoms with Crippen molar-refractivity contribution in [1.82, 2.24) is 9.97 Å². The number of carbonyl (C=O) groups is 1. The van der Waals surface area contributed by atoms with Crippen LogP contribution in [0.15, 0.2) is 23.9 Å². The van der Waals surface area contributed by atoms with E-state index in [1.165, 1.54) is 6.92 Å². The first-order valence-electron chi connectivity index (χ1n) is 13.8. The summed E-state index contributed by atoms with van der Waals surface area (Å²) in [7, 11) is 0. The zero-order valence-electron chi connectivity index (χ0n) is 23.9. The SMILES string of the molecule is CCC[C@@H](O)COc1ccc(Cl)c(-c2nc(C(C(C)=O)=C(C)N)c(C)c(N3CC4(CC(OC(C)C)C4)C3)n2)c1. The van der Waals surface area contributed by atoms with Crippen molar-refractivity contribution in [3.8, 4) is 17.1 Å². The van der Waals surface area contributed by atoms with E-state index in [0.717, 1.165) is 43.7 Å². The van der Waals surface area contributed by atoms with Gasteiger partial charge in [-0.05, 0) is 72.1 Å². The van der Waals surface area contributed by atoms with E-state index in [9.17, 15) is 9.90 Å². The largest absolute Gasteiger partial charge is 0.491 e. The van der Waals surface area contributed by atoms with Crippen LogP contribution in [-0.4, -0.2) is 58.9 Å². The van der Waals surface area contributed by atoms with E-state index in [4.69, 9.17) is 36.8 Å². The van der Waals surface area contributed by atoms with Crippen molar-refractivity contribution in [1.29, 1.82) is 0 Å². The van der Waals surface area contributed by atoms with Gasteiger partial charge in [-0.1, -0.05) is 24.9 Å². The number of rotatable bonds is 11. The molecule has 1 atom stereocenters. The molecule has 4 rings (SSSR count). The third-order valence-corrected chi connectivity index (χ3v) is 7.81. The number of ketones is 1. The van der Waals surface area contributed by atoms with Crippen LogP contribution in [0.5, 0.6) is 5.75 Å². The Kier molecular flexibility index (Phi) is 8.88. The van der Waals surface area contributed by atoms with E-state index in [0.29, 0.717) is 51.6 Å². The number of aliphatic hydroxyl groups excluding tert-OH is 1. The summed E-state index contributed by atoms with van der Waals surface area (Å²) in [6.07, 6.45) is 3.61. The molecule has 0 amide bonds. The fourth-order valence-corrected chi connectivity index (χ4v) is 5.94. The lowest BCUT2D eigenvalue weighted by molar-refractivity contribution is -0.114. The predicted octanol–water partition coefficient (Wildman–Crippen LogP) is 5.32. The van der Waals surface area contributed by atoms with Crippen molar-refractivity contribution in [2.24, 2.45) is 11.1 Å². The number of hydrogen-bond acceptors (Lipinski definition) is 8. The first-order chi connectivity index (χ1) is 18.4. The summed E-state index contributed by atoms with van der Waals surface area (Å²) in [5, 5.41) is 10.6. The maximum absolute atomic E-state index is 12.7. The van der Waals surface area contributed by atoms with E-state index >= 15 is 0 Å². The van der Waals surface area contributed by atoms with Crippen LogP contribution in [0.1, 0.15) is 71.6 Å². The van der Waals surface area contributed by atoms with Crippen molar-refractivity contribution in [3.63, 3.8) is 0 Å². The van der Waals surface area contributed by atoms with Gasteiger partial charge in [-0.3, -0.25) is 4.79 Å². The molecule has 39 heavy (non-hydrogen) atoms. The predicted molar refractivity (Wildman–Crippen MR) is 155 cm³/mol. The highest BCUT2D eigenvalue weighted by atomic mass is 35.5. The minimum Gasteiger partial charge on any atom is -0.491 e. The normalized spacial score (nSPS) is 18.0. The molecule has 2 fully saturated rings. The average Bonchev–Trinajstić information content (AvgIpc) is 2.80. The topological polar surface area (TPSA) is 111 Å². The van der Waals surface area contributed by atoms with Crippen LogP contribution in [0.4, 0.5) is 5.82 Å². The Morgan fingerprint density at radius 2 is 1.95 bits per heavy atom. The number of hydrogen-bond donors (Lipinski definition) is 2. The van der Waals surface area contributed by atoms with Crippen molar-refractivity contribution in [2.75, 3.05) is 24.6 Å². The van der Waals surface area contributed by atoms with Crippen LogP contribution >= 0.6 is 11.6 Å². The number of carbonyl (C=O) groups excluding carboxylic acids is 1. The minimum atomic E-state index is -0.547. The lowest BCUT2D eigenvalue weighted by atomic mass is 9.61. The van der Waals surface area contributed by atoms with Crippen LogP contribution in [0.25, 0.3) is 17.0 Å². The molecular weight excluding hydrogens is 516 g/mol. The van der Waals surface area contributed by atoms with Crippen LogP contribution in [0, 0.1) is 12.3 Å². The number of benzene rings is 1. The second-order valence-corrected chi connectivity index (χ2v) is 11.8. The van der Waals surface area contributed by atoms with Gasteiger partial charge in [0, 0.05) is 35.3 Å². The van der Waals surface area contributed by atoms with E-state index in [-0.39, 0.29) is 23.9 Å². The van der Waals surface area contributed by atoms with Gasteiger partial charge < -0.3 is 25.2 Å². The Morgan fingerprint density at radius 3 is 2.54 bits per heavy atom. The highest BCUT2D eigenvalue weighted by Crippen LogP contribution is 2.51. The van der Waals surface area contributed by atoms with Crippen LogP contribution in [-0.2, 0) is 9.53 Å². The standard InChI is InChI=1S/C30H41ClN4O4/c1-7-8-21(37)14-38-22-9-10-25(31)24(11-22)28-33-27(26(19(5)32)20(6)36)18(4)29(34-28)35-15-30(16-35)12-23(13-30)39-17(2)3/h9-11,17,21,23,37H,7-8,12-16,32H2,1-6H3/t21-/m1/s1. The quantitative estimate of drug-likeness (QED) is 0.358. The highest BCUT2D eigenvalue weighted by molar-refractivity contribution is 6.33. The molecule has 3 N–H and O–H groups in total. The van der Waals surface area contributed by atoms with Crippen molar-refractivity contribution in [3.05, 3.63) is 40.2 Å². The molecule has 0 bridgehead atoms. The molecule has 1 aliphatic heterocycles. The summed E-state index contributed by atoms with van der Waals surface area (Å²) in [4.78, 5) is 24.7. The second kappa shape index (κ2) is 11.8. The fourth-order valence-electron chi connectivity index (χ4n) is 5.74. The van der Waals surface area contributed by atoms with Gasteiger partial charge in [0.15, 0.2) is 11.6 Å². The van der Waals surface area contributed by atoms with Gasteiger partial charge in [0.05, 0.1) is 34.6 Å². The Morgan fingerprint density at radius 1 is 1.26 bits per heavy atom. The molecule has 212 valence electrons. The second-order valence-electron chi connectivity index (χ2n) is 11.4. The Hall–Kier alpha value is -2.68. The summed E-state index contributed by atoms with van der Waals surface area (Å²) in [6, 6.07) is 5.28. The highest BCUT2D eigenvalue weighted by Gasteiger charge is 2.53. The molecule has 1 aromatic heterocycles. The Bertz CT molecular complexity index is 1240. The Labute approximate surface area is 236 Å². The lowest BCUT2D eigenvalue weighted by Gasteiger charge is -2.59. The van der Waals surface area contributed by atoms with Crippen molar-refractivity contribution in [2.45, 2.75) is 85.5 Å². The van der Waals surface area contributed by atoms with Crippen molar-refractivity contribution < 1.29 is 19.4 Å². The smallest absolute Gasteiger partial charge is 0.163 e. The van der Waals surface area contributed by atoms with Gasteiger partial charge >= 0.3 is 0 Å². The number of aromatic nitrogens is 2. The molecule has 1 spiro atoms. The van der Waals surface area contributed by atoms with Crippen molar-refractivity contribution >= 4 is 28.8 Å². The van der Waals surface area contributed by atoms with E-state index < -0.39 is 6.10 Å². The number of anilines is 1. The summed E-state index contributed by atoms with van der Waals surface area (Å²) in [5.41, 5.74) is 9.11. The number of aliphatic hydroxyl groups is 1. The number of nitrogens with zero attached hydrogens (tertiary/aromatic N) is 3. The zero-order chi connectivity index (χ0) is 28.5. The number of halogens is 1. The van der Waals surface area contributed by atoms with Gasteiger partial charge in [0.1, 0.15) is 18.2 Å². The summed E-state index contributed by atoms with van der Waals surface area (Å²) >= 11 is 6.64. The number of nitrogens with two attached hydrogens (primary N) is 1. The molecule has 8 nitrogen and oxygen atoms in total. The van der Waals surface area contributed by atoms with Gasteiger partial charge in [-0.15, -0.1) is 0 Å². The zero-order valence-corrected chi connectivity index (χ0v) is 24.6. The van der Waals surface area contributed by atoms with Gasteiger partial charge in [-0.25, -0.2) is 9.97 Å². The summed E-state index contributed by atoms with van der Waals surface area (Å²) in [6.45, 7) is 13.2. The van der Waals surface area contributed by atoms with Gasteiger partial charge in [0.25, 0.3) is 0 Å². The average molecular weight is 557 g/mol. The monoisotopic (exact) mass is 556 g/mol. The van der Waals surface area contributed by atoms with E-state index in [1.54, 1.807) is 25.1 Å². The molecule has 2 heterocycles. The fraction of sp³-hybridized carbons (Fsp3) is 0.567. The Balaban J connectivity index is 1.69. The lowest BCUT2D eigenvalue weighted by Crippen LogP contribution is -2.64. The van der Waals surface area contributed by atoms with Crippen LogP contribution in [0.2, 0.25) is 5.02 Å². The molecule has 2 aromatic rings.